The van der Waals surface area contributed by atoms with Gasteiger partial charge in [-0.2, -0.15) is 0 Å². The SMILES string of the molecule is CCOC1CC(NCCCNC(=O)OC(C)(C)C)C1(C)C. The third-order valence-corrected chi connectivity index (χ3v) is 3.96. The van der Waals surface area contributed by atoms with Crippen LogP contribution < -0.4 is 10.6 Å². The highest BCUT2D eigenvalue weighted by molar-refractivity contribution is 5.67. The molecule has 2 N–H and O–H groups in total. The standard InChI is InChI=1S/C16H32N2O3/c1-7-20-13-11-12(16(13,5)6)17-9-8-10-18-14(19)21-15(2,3)4/h12-13,17H,7-11H2,1-6H3,(H,18,19). The molecule has 2 atom stereocenters. The van der Waals surface area contributed by atoms with Gasteiger partial charge in [0.2, 0.25) is 0 Å². The van der Waals surface area contributed by atoms with Crippen molar-refractivity contribution in [1.82, 2.24) is 10.6 Å². The van der Waals surface area contributed by atoms with Gasteiger partial charge in [-0.3, -0.25) is 0 Å². The summed E-state index contributed by atoms with van der Waals surface area (Å²) in [4.78, 5) is 11.5. The van der Waals surface area contributed by atoms with Gasteiger partial charge < -0.3 is 20.1 Å². The van der Waals surface area contributed by atoms with Crippen LogP contribution in [-0.2, 0) is 9.47 Å². The molecule has 1 saturated carbocycles. The summed E-state index contributed by atoms with van der Waals surface area (Å²) < 4.78 is 10.9. The van der Waals surface area contributed by atoms with Crippen molar-refractivity contribution in [3.63, 3.8) is 0 Å². The van der Waals surface area contributed by atoms with E-state index in [9.17, 15) is 4.79 Å². The molecule has 0 heterocycles. The van der Waals surface area contributed by atoms with E-state index in [2.05, 4.69) is 24.5 Å². The average molecular weight is 300 g/mol. The molecule has 1 amide bonds. The number of alkyl carbamates (subject to hydrolysis) is 1. The van der Waals surface area contributed by atoms with Crippen molar-refractivity contribution >= 4 is 6.09 Å². The van der Waals surface area contributed by atoms with Crippen LogP contribution in [0.5, 0.6) is 0 Å². The molecule has 21 heavy (non-hydrogen) atoms. The van der Waals surface area contributed by atoms with Crippen LogP contribution in [0.15, 0.2) is 0 Å². The van der Waals surface area contributed by atoms with E-state index in [0.717, 1.165) is 26.0 Å². The minimum Gasteiger partial charge on any atom is -0.444 e. The van der Waals surface area contributed by atoms with E-state index in [4.69, 9.17) is 9.47 Å². The van der Waals surface area contributed by atoms with Crippen molar-refractivity contribution in [2.45, 2.75) is 72.1 Å². The molecule has 0 aromatic rings. The first kappa shape index (κ1) is 18.2. The lowest BCUT2D eigenvalue weighted by molar-refractivity contribution is -0.113. The van der Waals surface area contributed by atoms with Crippen LogP contribution in [0.1, 0.15) is 54.4 Å². The van der Waals surface area contributed by atoms with E-state index >= 15 is 0 Å². The van der Waals surface area contributed by atoms with Crippen molar-refractivity contribution < 1.29 is 14.3 Å². The van der Waals surface area contributed by atoms with Crippen molar-refractivity contribution in [2.75, 3.05) is 19.7 Å². The molecule has 2 unspecified atom stereocenters. The maximum Gasteiger partial charge on any atom is 0.407 e. The Bertz CT molecular complexity index is 337. The summed E-state index contributed by atoms with van der Waals surface area (Å²) >= 11 is 0. The molecule has 0 aromatic heterocycles. The highest BCUT2D eigenvalue weighted by atomic mass is 16.6. The van der Waals surface area contributed by atoms with Gasteiger partial charge >= 0.3 is 6.09 Å². The summed E-state index contributed by atoms with van der Waals surface area (Å²) in [5.74, 6) is 0. The molecule has 0 bridgehead atoms. The highest BCUT2D eigenvalue weighted by Crippen LogP contribution is 2.42. The van der Waals surface area contributed by atoms with E-state index in [1.807, 2.05) is 27.7 Å². The zero-order valence-corrected chi connectivity index (χ0v) is 14.4. The van der Waals surface area contributed by atoms with E-state index in [1.165, 1.54) is 0 Å². The summed E-state index contributed by atoms with van der Waals surface area (Å²) in [7, 11) is 0. The third kappa shape index (κ3) is 5.83. The zero-order valence-electron chi connectivity index (χ0n) is 14.4. The van der Waals surface area contributed by atoms with Gasteiger partial charge in [0.1, 0.15) is 5.60 Å². The number of hydrogen-bond acceptors (Lipinski definition) is 4. The second-order valence-corrected chi connectivity index (χ2v) is 7.29. The first-order valence-electron chi connectivity index (χ1n) is 7.98. The number of hydrogen-bond donors (Lipinski definition) is 2. The number of carbonyl (C=O) groups is 1. The van der Waals surface area contributed by atoms with Crippen LogP contribution in [0.25, 0.3) is 0 Å². The highest BCUT2D eigenvalue weighted by Gasteiger charge is 2.48. The Hall–Kier alpha value is -0.810. The van der Waals surface area contributed by atoms with E-state index in [1.54, 1.807) is 0 Å². The fourth-order valence-electron chi connectivity index (χ4n) is 2.59. The Morgan fingerprint density at radius 1 is 1.29 bits per heavy atom. The monoisotopic (exact) mass is 300 g/mol. The van der Waals surface area contributed by atoms with Gasteiger partial charge in [0.15, 0.2) is 0 Å². The van der Waals surface area contributed by atoms with Gasteiger partial charge in [0.25, 0.3) is 0 Å². The lowest BCUT2D eigenvalue weighted by Crippen LogP contribution is -2.61. The van der Waals surface area contributed by atoms with Crippen molar-refractivity contribution in [3.05, 3.63) is 0 Å². The molecule has 0 saturated heterocycles. The van der Waals surface area contributed by atoms with Crippen LogP contribution in [0.2, 0.25) is 0 Å². The zero-order chi connectivity index (χ0) is 16.1. The fraction of sp³-hybridized carbons (Fsp3) is 0.938. The van der Waals surface area contributed by atoms with Gasteiger partial charge in [-0.1, -0.05) is 13.8 Å². The van der Waals surface area contributed by atoms with E-state index in [0.29, 0.717) is 18.7 Å². The van der Waals surface area contributed by atoms with Crippen molar-refractivity contribution in [2.24, 2.45) is 5.41 Å². The van der Waals surface area contributed by atoms with Gasteiger partial charge in [-0.15, -0.1) is 0 Å². The normalized spacial score (nSPS) is 24.3. The Morgan fingerprint density at radius 2 is 1.95 bits per heavy atom. The number of nitrogens with one attached hydrogen (secondary N) is 2. The molecular weight excluding hydrogens is 268 g/mol. The molecule has 1 fully saturated rings. The topological polar surface area (TPSA) is 59.6 Å². The Kier molecular flexibility index (Phi) is 6.47. The molecule has 1 aliphatic rings. The summed E-state index contributed by atoms with van der Waals surface area (Å²) in [5, 5.41) is 6.32. The molecule has 1 rings (SSSR count). The second-order valence-electron chi connectivity index (χ2n) is 7.29. The predicted molar refractivity (Wildman–Crippen MR) is 84.5 cm³/mol. The molecule has 0 aliphatic heterocycles. The maximum atomic E-state index is 11.5. The lowest BCUT2D eigenvalue weighted by atomic mass is 9.64. The Labute approximate surface area is 129 Å². The third-order valence-electron chi connectivity index (χ3n) is 3.96. The van der Waals surface area contributed by atoms with Crippen LogP contribution >= 0.6 is 0 Å². The average Bonchev–Trinajstić information content (AvgIpc) is 2.33. The predicted octanol–water partition coefficient (Wildman–Crippen LogP) is 2.69. The summed E-state index contributed by atoms with van der Waals surface area (Å²) in [6.07, 6.45) is 1.98. The van der Waals surface area contributed by atoms with Crippen LogP contribution in [0.4, 0.5) is 4.79 Å². The first-order valence-corrected chi connectivity index (χ1v) is 7.98. The Balaban J connectivity index is 2.09. The number of amides is 1. The maximum absolute atomic E-state index is 11.5. The van der Waals surface area contributed by atoms with Crippen molar-refractivity contribution in [3.8, 4) is 0 Å². The van der Waals surface area contributed by atoms with Gasteiger partial charge in [0, 0.05) is 24.6 Å². The molecule has 5 heteroatoms. The molecule has 5 nitrogen and oxygen atoms in total. The van der Waals surface area contributed by atoms with Crippen molar-refractivity contribution in [1.29, 1.82) is 0 Å². The van der Waals surface area contributed by atoms with E-state index in [-0.39, 0.29) is 11.5 Å². The smallest absolute Gasteiger partial charge is 0.407 e. The van der Waals surface area contributed by atoms with Gasteiger partial charge in [0.05, 0.1) is 6.10 Å². The Morgan fingerprint density at radius 3 is 2.48 bits per heavy atom. The largest absolute Gasteiger partial charge is 0.444 e. The van der Waals surface area contributed by atoms with Crippen LogP contribution in [0.3, 0.4) is 0 Å². The molecule has 0 spiro atoms. The fourth-order valence-corrected chi connectivity index (χ4v) is 2.59. The number of rotatable bonds is 7. The molecule has 0 radical (unpaired) electrons. The molecular formula is C16H32N2O3. The minimum atomic E-state index is -0.438. The van der Waals surface area contributed by atoms with Crippen LogP contribution in [0, 0.1) is 5.41 Å². The van der Waals surface area contributed by atoms with Gasteiger partial charge in [-0.25, -0.2) is 4.79 Å². The number of carbonyl (C=O) groups excluding carboxylic acids is 1. The molecule has 0 aromatic carbocycles. The van der Waals surface area contributed by atoms with Gasteiger partial charge in [-0.05, 0) is 47.1 Å². The minimum absolute atomic E-state index is 0.189. The second kappa shape index (κ2) is 7.45. The number of ether oxygens (including phenoxy) is 2. The van der Waals surface area contributed by atoms with E-state index < -0.39 is 5.60 Å². The quantitative estimate of drug-likeness (QED) is 0.710. The molecule has 1 aliphatic carbocycles. The first-order chi connectivity index (χ1) is 9.66. The summed E-state index contributed by atoms with van der Waals surface area (Å²) in [6.45, 7) is 14.4. The molecule has 124 valence electrons. The summed E-state index contributed by atoms with van der Waals surface area (Å²) in [6, 6.07) is 0.496. The summed E-state index contributed by atoms with van der Waals surface area (Å²) in [5.41, 5.74) is -0.249. The lowest BCUT2D eigenvalue weighted by Gasteiger charge is -2.52. The van der Waals surface area contributed by atoms with Crippen LogP contribution in [-0.4, -0.2) is 43.5 Å².